The molecule has 1 aromatic rings. The van der Waals surface area contributed by atoms with Crippen molar-refractivity contribution in [1.29, 1.82) is 0 Å². The van der Waals surface area contributed by atoms with Crippen molar-refractivity contribution in [3.8, 4) is 0 Å². The van der Waals surface area contributed by atoms with Crippen LogP contribution >= 0.6 is 0 Å². The molecule has 0 aliphatic carbocycles. The molecule has 27 heavy (non-hydrogen) atoms. The number of rotatable bonds is 8. The Kier molecular flexibility index (Phi) is 8.28. The molecule has 0 saturated carbocycles. The van der Waals surface area contributed by atoms with Crippen LogP contribution in [-0.2, 0) is 20.9 Å². The van der Waals surface area contributed by atoms with Gasteiger partial charge < -0.3 is 21.1 Å². The number of hydrogen-bond acceptors (Lipinski definition) is 4. The molecule has 0 radical (unpaired) electrons. The van der Waals surface area contributed by atoms with E-state index in [1.807, 2.05) is 24.3 Å². The van der Waals surface area contributed by atoms with Gasteiger partial charge in [0.2, 0.25) is 11.8 Å². The molecule has 0 spiro atoms. The van der Waals surface area contributed by atoms with Crippen molar-refractivity contribution in [3.63, 3.8) is 0 Å². The fourth-order valence-electron chi connectivity index (χ4n) is 2.34. The summed E-state index contributed by atoms with van der Waals surface area (Å²) in [6.07, 6.45) is -0.627. The summed E-state index contributed by atoms with van der Waals surface area (Å²) in [6.45, 7) is 9.73. The molecule has 7 heteroatoms. The molecule has 7 nitrogen and oxygen atoms in total. The number of benzene rings is 1. The van der Waals surface area contributed by atoms with Gasteiger partial charge >= 0.3 is 6.09 Å². The maximum atomic E-state index is 12.5. The van der Waals surface area contributed by atoms with Gasteiger partial charge in [-0.2, -0.15) is 0 Å². The summed E-state index contributed by atoms with van der Waals surface area (Å²) >= 11 is 0. The van der Waals surface area contributed by atoms with Gasteiger partial charge in [-0.05, 0) is 44.2 Å². The SMILES string of the molecule is CC(C)c1ccc(CNC(=O)[C@H](CCC(N)=O)NC(=O)OC(C)(C)C)cc1. The Morgan fingerprint density at radius 3 is 2.19 bits per heavy atom. The molecule has 0 saturated heterocycles. The minimum Gasteiger partial charge on any atom is -0.444 e. The smallest absolute Gasteiger partial charge is 0.408 e. The number of carbonyl (C=O) groups excluding carboxylic acids is 3. The lowest BCUT2D eigenvalue weighted by Crippen LogP contribution is -2.48. The standard InChI is InChI=1S/C20H31N3O4/c1-13(2)15-8-6-14(7-9-15)12-22-18(25)16(10-11-17(21)24)23-19(26)27-20(3,4)5/h6-9,13,16H,10-12H2,1-5H3,(H2,21,24)(H,22,25)(H,23,26)/t16-/m0/s1. The second kappa shape index (κ2) is 9.94. The first-order valence-corrected chi connectivity index (χ1v) is 9.12. The van der Waals surface area contributed by atoms with E-state index in [4.69, 9.17) is 10.5 Å². The molecule has 0 aliphatic heterocycles. The molecule has 0 heterocycles. The van der Waals surface area contributed by atoms with Crippen molar-refractivity contribution in [2.24, 2.45) is 5.73 Å². The summed E-state index contributed by atoms with van der Waals surface area (Å²) in [4.78, 5) is 35.5. The molecule has 4 N–H and O–H groups in total. The van der Waals surface area contributed by atoms with Gasteiger partial charge in [0.15, 0.2) is 0 Å². The Bertz CT molecular complexity index is 648. The van der Waals surface area contributed by atoms with Crippen LogP contribution < -0.4 is 16.4 Å². The molecule has 1 rings (SSSR count). The topological polar surface area (TPSA) is 111 Å². The van der Waals surface area contributed by atoms with E-state index in [0.29, 0.717) is 12.5 Å². The van der Waals surface area contributed by atoms with Crippen molar-refractivity contribution in [2.75, 3.05) is 0 Å². The zero-order chi connectivity index (χ0) is 20.6. The van der Waals surface area contributed by atoms with E-state index in [1.165, 1.54) is 5.56 Å². The lowest BCUT2D eigenvalue weighted by atomic mass is 10.0. The predicted molar refractivity (Wildman–Crippen MR) is 104 cm³/mol. The molecule has 3 amide bonds. The summed E-state index contributed by atoms with van der Waals surface area (Å²) in [5, 5.41) is 5.29. The number of primary amides is 1. The second-order valence-corrected chi connectivity index (χ2v) is 7.82. The van der Waals surface area contributed by atoms with Crippen molar-refractivity contribution < 1.29 is 19.1 Å². The molecular weight excluding hydrogens is 346 g/mol. The fraction of sp³-hybridized carbons (Fsp3) is 0.550. The van der Waals surface area contributed by atoms with Crippen LogP contribution in [0.1, 0.15) is 64.5 Å². The zero-order valence-electron chi connectivity index (χ0n) is 16.8. The minimum absolute atomic E-state index is 0.0169. The summed E-state index contributed by atoms with van der Waals surface area (Å²) in [5.41, 5.74) is 6.64. The molecule has 1 atom stereocenters. The lowest BCUT2D eigenvalue weighted by molar-refractivity contribution is -0.124. The van der Waals surface area contributed by atoms with Gasteiger partial charge in [0.05, 0.1) is 0 Å². The summed E-state index contributed by atoms with van der Waals surface area (Å²) in [7, 11) is 0. The van der Waals surface area contributed by atoms with Crippen LogP contribution in [0, 0.1) is 0 Å². The molecule has 0 aromatic heterocycles. The maximum Gasteiger partial charge on any atom is 0.408 e. The molecule has 1 aromatic carbocycles. The van der Waals surface area contributed by atoms with Crippen molar-refractivity contribution in [1.82, 2.24) is 10.6 Å². The highest BCUT2D eigenvalue weighted by Gasteiger charge is 2.24. The van der Waals surface area contributed by atoms with Gasteiger partial charge in [-0.1, -0.05) is 38.1 Å². The van der Waals surface area contributed by atoms with E-state index in [2.05, 4.69) is 24.5 Å². The Balaban J connectivity index is 2.68. The van der Waals surface area contributed by atoms with Crippen LogP contribution in [0.5, 0.6) is 0 Å². The van der Waals surface area contributed by atoms with Gasteiger partial charge in [-0.3, -0.25) is 9.59 Å². The van der Waals surface area contributed by atoms with Gasteiger partial charge in [-0.25, -0.2) is 4.79 Å². The first-order valence-electron chi connectivity index (χ1n) is 9.12. The number of ether oxygens (including phenoxy) is 1. The number of amides is 3. The molecule has 0 aliphatic rings. The molecule has 0 bridgehead atoms. The first kappa shape index (κ1) is 22.5. The molecule has 150 valence electrons. The Morgan fingerprint density at radius 1 is 1.11 bits per heavy atom. The Hall–Kier alpha value is -2.57. The van der Waals surface area contributed by atoms with Gasteiger partial charge in [0.25, 0.3) is 0 Å². The van der Waals surface area contributed by atoms with Gasteiger partial charge in [0, 0.05) is 13.0 Å². The molecule has 0 unspecified atom stereocenters. The second-order valence-electron chi connectivity index (χ2n) is 7.82. The van der Waals surface area contributed by atoms with Crippen LogP contribution in [0.2, 0.25) is 0 Å². The van der Waals surface area contributed by atoms with E-state index in [0.717, 1.165) is 5.56 Å². The monoisotopic (exact) mass is 377 g/mol. The van der Waals surface area contributed by atoms with E-state index >= 15 is 0 Å². The van der Waals surface area contributed by atoms with Gasteiger partial charge in [-0.15, -0.1) is 0 Å². The van der Waals surface area contributed by atoms with Crippen LogP contribution in [0.15, 0.2) is 24.3 Å². The number of carbonyl (C=O) groups is 3. The maximum absolute atomic E-state index is 12.5. The average molecular weight is 377 g/mol. The van der Waals surface area contributed by atoms with Crippen molar-refractivity contribution in [3.05, 3.63) is 35.4 Å². The minimum atomic E-state index is -0.901. The van der Waals surface area contributed by atoms with Crippen LogP contribution in [-0.4, -0.2) is 29.6 Å². The van der Waals surface area contributed by atoms with Crippen molar-refractivity contribution >= 4 is 17.9 Å². The van der Waals surface area contributed by atoms with Crippen LogP contribution in [0.25, 0.3) is 0 Å². The number of nitrogens with two attached hydrogens (primary N) is 1. The van der Waals surface area contributed by atoms with Gasteiger partial charge in [0.1, 0.15) is 11.6 Å². The number of alkyl carbamates (subject to hydrolysis) is 1. The summed E-state index contributed by atoms with van der Waals surface area (Å²) in [6, 6.07) is 7.05. The Labute approximate surface area is 161 Å². The lowest BCUT2D eigenvalue weighted by Gasteiger charge is -2.23. The van der Waals surface area contributed by atoms with E-state index < -0.39 is 29.6 Å². The normalized spacial score (nSPS) is 12.4. The highest BCUT2D eigenvalue weighted by molar-refractivity contribution is 5.86. The summed E-state index contributed by atoms with van der Waals surface area (Å²) in [5.74, 6) is -0.497. The number of nitrogens with one attached hydrogen (secondary N) is 2. The van der Waals surface area contributed by atoms with Crippen LogP contribution in [0.4, 0.5) is 4.79 Å². The largest absolute Gasteiger partial charge is 0.444 e. The average Bonchev–Trinajstić information content (AvgIpc) is 2.55. The summed E-state index contributed by atoms with van der Waals surface area (Å²) < 4.78 is 5.18. The quantitative estimate of drug-likeness (QED) is 0.646. The van der Waals surface area contributed by atoms with E-state index in [1.54, 1.807) is 20.8 Å². The Morgan fingerprint density at radius 2 is 1.70 bits per heavy atom. The molecular formula is C20H31N3O4. The van der Waals surface area contributed by atoms with E-state index in [-0.39, 0.29) is 12.8 Å². The first-order chi connectivity index (χ1) is 12.5. The highest BCUT2D eigenvalue weighted by atomic mass is 16.6. The highest BCUT2D eigenvalue weighted by Crippen LogP contribution is 2.14. The predicted octanol–water partition coefficient (Wildman–Crippen LogP) is 2.58. The van der Waals surface area contributed by atoms with Crippen LogP contribution in [0.3, 0.4) is 0 Å². The third kappa shape index (κ3) is 9.08. The van der Waals surface area contributed by atoms with Crippen molar-refractivity contribution in [2.45, 2.75) is 71.6 Å². The third-order valence-corrected chi connectivity index (χ3v) is 3.80. The zero-order valence-corrected chi connectivity index (χ0v) is 16.8. The van der Waals surface area contributed by atoms with E-state index in [9.17, 15) is 14.4 Å². The molecule has 0 fully saturated rings. The number of hydrogen-bond donors (Lipinski definition) is 3. The fourth-order valence-corrected chi connectivity index (χ4v) is 2.34. The third-order valence-electron chi connectivity index (χ3n) is 3.80.